The van der Waals surface area contributed by atoms with Gasteiger partial charge in [0.2, 0.25) is 5.88 Å². The van der Waals surface area contributed by atoms with Crippen LogP contribution in [0.3, 0.4) is 0 Å². The summed E-state index contributed by atoms with van der Waals surface area (Å²) in [6, 6.07) is 12.9. The van der Waals surface area contributed by atoms with Crippen LogP contribution in [0.5, 0.6) is 5.88 Å². The molecule has 3 aromatic rings. The van der Waals surface area contributed by atoms with Crippen LogP contribution in [0.15, 0.2) is 42.6 Å². The SMILES string of the molecule is CNCCOc1ccc(-c2cc(N3CCC(OC)C3)c3ccc(N4CCCC4)cc3n2)cn1. The molecule has 2 fully saturated rings. The van der Waals surface area contributed by atoms with Gasteiger partial charge in [-0.05, 0) is 56.6 Å². The molecule has 2 aliphatic heterocycles. The molecule has 0 aliphatic carbocycles. The first-order chi connectivity index (χ1) is 16.2. The molecule has 1 N–H and O–H groups in total. The van der Waals surface area contributed by atoms with Gasteiger partial charge in [-0.3, -0.25) is 0 Å². The van der Waals surface area contributed by atoms with Crippen LogP contribution in [0.1, 0.15) is 19.3 Å². The van der Waals surface area contributed by atoms with Gasteiger partial charge in [-0.25, -0.2) is 9.97 Å². The molecule has 0 saturated carbocycles. The van der Waals surface area contributed by atoms with Crippen molar-refractivity contribution in [2.45, 2.75) is 25.4 Å². The molecule has 1 atom stereocenters. The normalized spacial score (nSPS) is 18.4. The fourth-order valence-electron chi connectivity index (χ4n) is 4.79. The molecular formula is C26H33N5O2. The van der Waals surface area contributed by atoms with Gasteiger partial charge in [0, 0.05) is 74.4 Å². The molecule has 2 aromatic heterocycles. The van der Waals surface area contributed by atoms with Gasteiger partial charge in [0.25, 0.3) is 0 Å². The van der Waals surface area contributed by atoms with Crippen molar-refractivity contribution in [2.75, 3.05) is 63.3 Å². The van der Waals surface area contributed by atoms with Crippen LogP contribution in [0.2, 0.25) is 0 Å². The van der Waals surface area contributed by atoms with E-state index in [1.54, 1.807) is 7.11 Å². The van der Waals surface area contributed by atoms with Gasteiger partial charge < -0.3 is 24.6 Å². The van der Waals surface area contributed by atoms with Crippen LogP contribution in [-0.2, 0) is 4.74 Å². The summed E-state index contributed by atoms with van der Waals surface area (Å²) >= 11 is 0. The van der Waals surface area contributed by atoms with E-state index in [-0.39, 0.29) is 6.10 Å². The Labute approximate surface area is 195 Å². The maximum Gasteiger partial charge on any atom is 0.213 e. The molecule has 2 saturated heterocycles. The topological polar surface area (TPSA) is 62.8 Å². The smallest absolute Gasteiger partial charge is 0.213 e. The second-order valence-electron chi connectivity index (χ2n) is 8.85. The maximum absolute atomic E-state index is 5.69. The molecule has 1 aromatic carbocycles. The first-order valence-corrected chi connectivity index (χ1v) is 12.0. The number of rotatable bonds is 8. The highest BCUT2D eigenvalue weighted by Gasteiger charge is 2.25. The molecular weight excluding hydrogens is 414 g/mol. The van der Waals surface area contributed by atoms with Gasteiger partial charge in [-0.15, -0.1) is 0 Å². The summed E-state index contributed by atoms with van der Waals surface area (Å²) in [5.41, 5.74) is 5.44. The number of pyridine rings is 2. The number of nitrogens with one attached hydrogen (secondary N) is 1. The predicted molar refractivity (Wildman–Crippen MR) is 133 cm³/mol. The van der Waals surface area contributed by atoms with Gasteiger partial charge in [-0.1, -0.05) is 0 Å². The average molecular weight is 448 g/mol. The summed E-state index contributed by atoms with van der Waals surface area (Å²) in [7, 11) is 3.71. The number of benzene rings is 1. The monoisotopic (exact) mass is 447 g/mol. The highest BCUT2D eigenvalue weighted by molar-refractivity contribution is 5.96. The van der Waals surface area contributed by atoms with Crippen LogP contribution in [-0.4, -0.2) is 69.6 Å². The number of anilines is 2. The summed E-state index contributed by atoms with van der Waals surface area (Å²) in [4.78, 5) is 14.5. The molecule has 2 aliphatic rings. The van der Waals surface area contributed by atoms with Crippen LogP contribution < -0.4 is 19.9 Å². The van der Waals surface area contributed by atoms with Gasteiger partial charge in [0.05, 0.1) is 17.3 Å². The summed E-state index contributed by atoms with van der Waals surface area (Å²) in [6.45, 7) is 5.52. The largest absolute Gasteiger partial charge is 0.476 e. The summed E-state index contributed by atoms with van der Waals surface area (Å²) in [5.74, 6) is 0.633. The zero-order chi connectivity index (χ0) is 22.6. The van der Waals surface area contributed by atoms with Crippen molar-refractivity contribution in [3.63, 3.8) is 0 Å². The summed E-state index contributed by atoms with van der Waals surface area (Å²) < 4.78 is 11.3. The molecule has 4 heterocycles. The molecule has 0 amide bonds. The second-order valence-corrected chi connectivity index (χ2v) is 8.85. The third-order valence-corrected chi connectivity index (χ3v) is 6.70. The highest BCUT2D eigenvalue weighted by Crippen LogP contribution is 2.35. The number of hydrogen-bond acceptors (Lipinski definition) is 7. The van der Waals surface area contributed by atoms with E-state index in [1.165, 1.54) is 29.6 Å². The summed E-state index contributed by atoms with van der Waals surface area (Å²) in [5, 5.41) is 4.27. The van der Waals surface area contributed by atoms with Gasteiger partial charge >= 0.3 is 0 Å². The Balaban J connectivity index is 1.51. The first-order valence-electron chi connectivity index (χ1n) is 12.0. The van der Waals surface area contributed by atoms with E-state index in [4.69, 9.17) is 14.5 Å². The van der Waals surface area contributed by atoms with E-state index in [9.17, 15) is 0 Å². The number of methoxy groups -OCH3 is 1. The van der Waals surface area contributed by atoms with Gasteiger partial charge in [0.1, 0.15) is 6.61 Å². The van der Waals surface area contributed by atoms with Crippen molar-refractivity contribution in [2.24, 2.45) is 0 Å². The van der Waals surface area contributed by atoms with E-state index in [2.05, 4.69) is 44.4 Å². The third kappa shape index (κ3) is 4.75. The molecule has 0 bridgehead atoms. The molecule has 7 heteroatoms. The zero-order valence-electron chi connectivity index (χ0n) is 19.6. The van der Waals surface area contributed by atoms with Crippen molar-refractivity contribution in [1.82, 2.24) is 15.3 Å². The lowest BCUT2D eigenvalue weighted by molar-refractivity contribution is 0.121. The first kappa shape index (κ1) is 21.9. The summed E-state index contributed by atoms with van der Waals surface area (Å²) in [6.07, 6.45) is 5.70. The molecule has 0 spiro atoms. The Morgan fingerprint density at radius 1 is 1.06 bits per heavy atom. The lowest BCUT2D eigenvalue weighted by Crippen LogP contribution is -2.22. The number of fused-ring (bicyclic) bond motifs is 1. The minimum Gasteiger partial charge on any atom is -0.476 e. The molecule has 174 valence electrons. The molecule has 0 radical (unpaired) electrons. The van der Waals surface area contributed by atoms with Crippen LogP contribution in [0.4, 0.5) is 11.4 Å². The fourth-order valence-corrected chi connectivity index (χ4v) is 4.79. The van der Waals surface area contributed by atoms with E-state index in [0.717, 1.165) is 55.9 Å². The van der Waals surface area contributed by atoms with Crippen molar-refractivity contribution in [3.05, 3.63) is 42.6 Å². The average Bonchev–Trinajstić information content (AvgIpc) is 3.56. The minimum absolute atomic E-state index is 0.274. The van der Waals surface area contributed by atoms with Crippen LogP contribution in [0, 0.1) is 0 Å². The van der Waals surface area contributed by atoms with E-state index >= 15 is 0 Å². The molecule has 5 rings (SSSR count). The Kier molecular flexibility index (Phi) is 6.60. The molecule has 33 heavy (non-hydrogen) atoms. The number of ether oxygens (including phenoxy) is 2. The van der Waals surface area contributed by atoms with Crippen molar-refractivity contribution in [3.8, 4) is 17.1 Å². The quantitative estimate of drug-likeness (QED) is 0.528. The third-order valence-electron chi connectivity index (χ3n) is 6.70. The fraction of sp³-hybridized carbons (Fsp3) is 0.462. The van der Waals surface area contributed by atoms with E-state index < -0.39 is 0 Å². The lowest BCUT2D eigenvalue weighted by Gasteiger charge is -2.23. The Bertz CT molecular complexity index is 1080. The number of nitrogens with zero attached hydrogens (tertiary/aromatic N) is 4. The molecule has 7 nitrogen and oxygen atoms in total. The highest BCUT2D eigenvalue weighted by atomic mass is 16.5. The number of likely N-dealkylation sites (N-methyl/N-ethyl adjacent to an activating group) is 1. The van der Waals surface area contributed by atoms with Gasteiger partial charge in [0.15, 0.2) is 0 Å². The Hall–Kier alpha value is -2.90. The number of hydrogen-bond donors (Lipinski definition) is 1. The van der Waals surface area contributed by atoms with Crippen LogP contribution >= 0.6 is 0 Å². The Morgan fingerprint density at radius 2 is 1.94 bits per heavy atom. The molecule has 1 unspecified atom stereocenters. The van der Waals surface area contributed by atoms with Crippen molar-refractivity contribution < 1.29 is 9.47 Å². The van der Waals surface area contributed by atoms with Crippen molar-refractivity contribution >= 4 is 22.3 Å². The Morgan fingerprint density at radius 3 is 2.67 bits per heavy atom. The van der Waals surface area contributed by atoms with Crippen LogP contribution in [0.25, 0.3) is 22.2 Å². The maximum atomic E-state index is 5.69. The van der Waals surface area contributed by atoms with E-state index in [0.29, 0.717) is 12.5 Å². The standard InChI is InChI=1S/C26H33N5O2/c1-27-10-14-33-26-8-5-19(17-28-26)23-16-25(31-13-9-21(18-31)32-2)22-7-6-20(15-24(22)29-23)30-11-3-4-12-30/h5-8,15-17,21,27H,3-4,9-14,18H2,1-2H3. The minimum atomic E-state index is 0.274. The zero-order valence-corrected chi connectivity index (χ0v) is 19.6. The lowest BCUT2D eigenvalue weighted by atomic mass is 10.1. The van der Waals surface area contributed by atoms with Crippen molar-refractivity contribution in [1.29, 1.82) is 0 Å². The van der Waals surface area contributed by atoms with Gasteiger partial charge in [-0.2, -0.15) is 0 Å². The van der Waals surface area contributed by atoms with E-state index in [1.807, 2.05) is 25.4 Å². The number of aromatic nitrogens is 2. The predicted octanol–water partition coefficient (Wildman–Crippen LogP) is 3.72. The second kappa shape index (κ2) is 9.93.